The second kappa shape index (κ2) is 7.51. The van der Waals surface area contributed by atoms with Gasteiger partial charge < -0.3 is 14.8 Å². The molecule has 0 aliphatic heterocycles. The Kier molecular flexibility index (Phi) is 6.29. The first-order valence-corrected chi connectivity index (χ1v) is 7.53. The van der Waals surface area contributed by atoms with Gasteiger partial charge in [-0.05, 0) is 27.7 Å². The highest BCUT2D eigenvalue weighted by Crippen LogP contribution is 2.12. The zero-order valence-corrected chi connectivity index (χ0v) is 13.9. The second-order valence-corrected chi connectivity index (χ2v) is 6.74. The first-order chi connectivity index (χ1) is 9.71. The van der Waals surface area contributed by atoms with Gasteiger partial charge in [0.1, 0.15) is 11.3 Å². The number of ether oxygens (including phenoxy) is 2. The fraction of sp³-hybridized carbons (Fsp3) is 0.643. The Morgan fingerprint density at radius 1 is 1.43 bits per heavy atom. The minimum atomic E-state index is -0.586. The minimum Gasteiger partial charge on any atom is -0.444 e. The molecule has 0 radical (unpaired) electrons. The summed E-state index contributed by atoms with van der Waals surface area (Å²) in [6, 6.07) is -0.445. The molecule has 1 aromatic rings. The van der Waals surface area contributed by atoms with Gasteiger partial charge >= 0.3 is 6.09 Å². The number of aryl methyl sites for hydroxylation is 1. The molecule has 1 unspecified atom stereocenters. The third-order valence-corrected chi connectivity index (χ3v) is 3.20. The molecule has 7 heteroatoms. The molecule has 0 aromatic carbocycles. The Morgan fingerprint density at radius 3 is 2.57 bits per heavy atom. The standard InChI is InChI=1S/C14H22N2O4S/c1-9-15-11(8-21-9)12(17)6-10(7-19-5)16-13(18)20-14(2,3)4/h8,10H,6-7H2,1-5H3,(H,16,18). The third kappa shape index (κ3) is 6.68. The van der Waals surface area contributed by atoms with Gasteiger partial charge in [-0.25, -0.2) is 9.78 Å². The van der Waals surface area contributed by atoms with Gasteiger partial charge in [0.15, 0.2) is 5.78 Å². The summed E-state index contributed by atoms with van der Waals surface area (Å²) in [5.41, 5.74) is -0.165. The van der Waals surface area contributed by atoms with Gasteiger partial charge in [0.2, 0.25) is 0 Å². The molecule has 0 saturated carbocycles. The van der Waals surface area contributed by atoms with E-state index in [2.05, 4.69) is 10.3 Å². The van der Waals surface area contributed by atoms with Gasteiger partial charge in [0, 0.05) is 18.9 Å². The number of carbonyl (C=O) groups excluding carboxylic acids is 2. The van der Waals surface area contributed by atoms with Gasteiger partial charge in [0.05, 0.1) is 17.7 Å². The van der Waals surface area contributed by atoms with Crippen LogP contribution in [0.5, 0.6) is 0 Å². The van der Waals surface area contributed by atoms with Crippen LogP contribution in [0, 0.1) is 6.92 Å². The van der Waals surface area contributed by atoms with Crippen LogP contribution in [0.25, 0.3) is 0 Å². The smallest absolute Gasteiger partial charge is 0.407 e. The van der Waals surface area contributed by atoms with Crippen LogP contribution in [0.3, 0.4) is 0 Å². The van der Waals surface area contributed by atoms with Crippen LogP contribution < -0.4 is 5.32 Å². The summed E-state index contributed by atoms with van der Waals surface area (Å²) in [5, 5.41) is 5.20. The highest BCUT2D eigenvalue weighted by Gasteiger charge is 2.22. The Balaban J connectivity index is 2.61. The topological polar surface area (TPSA) is 77.5 Å². The van der Waals surface area contributed by atoms with E-state index in [-0.39, 0.29) is 18.8 Å². The maximum atomic E-state index is 12.1. The van der Waals surface area contributed by atoms with E-state index < -0.39 is 17.7 Å². The average molecular weight is 314 g/mol. The molecule has 6 nitrogen and oxygen atoms in total. The van der Waals surface area contributed by atoms with Gasteiger partial charge in [-0.1, -0.05) is 0 Å². The Morgan fingerprint density at radius 2 is 2.10 bits per heavy atom. The van der Waals surface area contributed by atoms with Crippen molar-refractivity contribution < 1.29 is 19.1 Å². The predicted octanol–water partition coefficient (Wildman–Crippen LogP) is 2.56. The first kappa shape index (κ1) is 17.6. The second-order valence-electron chi connectivity index (χ2n) is 5.68. The van der Waals surface area contributed by atoms with Crippen molar-refractivity contribution >= 4 is 23.2 Å². The van der Waals surface area contributed by atoms with Gasteiger partial charge in [-0.15, -0.1) is 11.3 Å². The summed E-state index contributed by atoms with van der Waals surface area (Å²) in [6.07, 6.45) is -0.442. The normalized spacial score (nSPS) is 12.8. The Bertz CT molecular complexity index is 493. The van der Waals surface area contributed by atoms with E-state index in [1.165, 1.54) is 18.4 Å². The molecule has 0 aliphatic rings. The molecule has 0 fully saturated rings. The summed E-state index contributed by atoms with van der Waals surface area (Å²) in [5.74, 6) is -0.127. The summed E-state index contributed by atoms with van der Waals surface area (Å²) in [6.45, 7) is 7.41. The van der Waals surface area contributed by atoms with E-state index in [0.29, 0.717) is 5.69 Å². The van der Waals surface area contributed by atoms with Crippen molar-refractivity contribution in [2.45, 2.75) is 45.8 Å². The number of hydrogen-bond donors (Lipinski definition) is 1. The van der Waals surface area contributed by atoms with Gasteiger partial charge in [-0.2, -0.15) is 0 Å². The van der Waals surface area contributed by atoms with E-state index >= 15 is 0 Å². The van der Waals surface area contributed by atoms with Crippen LogP contribution in [0.15, 0.2) is 5.38 Å². The first-order valence-electron chi connectivity index (χ1n) is 6.65. The number of methoxy groups -OCH3 is 1. The number of Topliss-reactive ketones (excluding diaryl/α,β-unsaturated/α-hetero) is 1. The van der Waals surface area contributed by atoms with Gasteiger partial charge in [-0.3, -0.25) is 4.79 Å². The zero-order valence-electron chi connectivity index (χ0n) is 13.1. The number of rotatable bonds is 6. The lowest BCUT2D eigenvalue weighted by Gasteiger charge is -2.23. The fourth-order valence-corrected chi connectivity index (χ4v) is 2.26. The SMILES string of the molecule is COCC(CC(=O)c1csc(C)n1)NC(=O)OC(C)(C)C. The van der Waals surface area contributed by atoms with Crippen LogP contribution in [0.2, 0.25) is 0 Å². The molecule has 1 rings (SSSR count). The van der Waals surface area contributed by atoms with Crippen molar-refractivity contribution in [2.24, 2.45) is 0 Å². The quantitative estimate of drug-likeness (QED) is 0.817. The maximum absolute atomic E-state index is 12.1. The van der Waals surface area contributed by atoms with Crippen molar-refractivity contribution in [3.63, 3.8) is 0 Å². The van der Waals surface area contributed by atoms with Crippen LogP contribution in [-0.4, -0.2) is 42.2 Å². The number of carbonyl (C=O) groups is 2. The summed E-state index contributed by atoms with van der Waals surface area (Å²) < 4.78 is 10.2. The minimum absolute atomic E-state index is 0.121. The number of nitrogens with one attached hydrogen (secondary N) is 1. The molecule has 1 N–H and O–H groups in total. The number of aromatic nitrogens is 1. The van der Waals surface area contributed by atoms with Crippen LogP contribution in [-0.2, 0) is 9.47 Å². The summed E-state index contributed by atoms with van der Waals surface area (Å²) in [7, 11) is 1.52. The lowest BCUT2D eigenvalue weighted by Crippen LogP contribution is -2.42. The molecule has 1 heterocycles. The lowest BCUT2D eigenvalue weighted by atomic mass is 10.1. The Labute approximate surface area is 128 Å². The molecule has 0 bridgehead atoms. The molecule has 1 atom stereocenters. The van der Waals surface area contributed by atoms with E-state index in [0.717, 1.165) is 5.01 Å². The zero-order chi connectivity index (χ0) is 16.0. The van der Waals surface area contributed by atoms with E-state index in [9.17, 15) is 9.59 Å². The monoisotopic (exact) mass is 314 g/mol. The van der Waals surface area contributed by atoms with Crippen molar-refractivity contribution in [1.82, 2.24) is 10.3 Å². The molecular formula is C14H22N2O4S. The van der Waals surface area contributed by atoms with Crippen molar-refractivity contribution in [2.75, 3.05) is 13.7 Å². The van der Waals surface area contributed by atoms with E-state index in [1.807, 2.05) is 6.92 Å². The average Bonchev–Trinajstić information content (AvgIpc) is 2.73. The molecule has 0 aliphatic carbocycles. The predicted molar refractivity (Wildman–Crippen MR) is 80.8 cm³/mol. The molecular weight excluding hydrogens is 292 g/mol. The van der Waals surface area contributed by atoms with Crippen molar-refractivity contribution in [3.05, 3.63) is 16.1 Å². The number of thiazole rings is 1. The van der Waals surface area contributed by atoms with Gasteiger partial charge in [0.25, 0.3) is 0 Å². The van der Waals surface area contributed by atoms with Crippen LogP contribution in [0.1, 0.15) is 42.7 Å². The third-order valence-electron chi connectivity index (χ3n) is 2.43. The molecule has 118 valence electrons. The summed E-state index contributed by atoms with van der Waals surface area (Å²) in [4.78, 5) is 28.0. The highest BCUT2D eigenvalue weighted by atomic mass is 32.1. The van der Waals surface area contributed by atoms with Crippen LogP contribution >= 0.6 is 11.3 Å². The molecule has 0 spiro atoms. The van der Waals surface area contributed by atoms with E-state index in [4.69, 9.17) is 9.47 Å². The number of amides is 1. The number of nitrogens with zero attached hydrogens (tertiary/aromatic N) is 1. The van der Waals surface area contributed by atoms with E-state index in [1.54, 1.807) is 26.2 Å². The largest absolute Gasteiger partial charge is 0.444 e. The fourth-order valence-electron chi connectivity index (χ4n) is 1.65. The van der Waals surface area contributed by atoms with Crippen molar-refractivity contribution in [3.8, 4) is 0 Å². The highest BCUT2D eigenvalue weighted by molar-refractivity contribution is 7.09. The number of alkyl carbamates (subject to hydrolysis) is 1. The molecule has 21 heavy (non-hydrogen) atoms. The molecule has 0 saturated heterocycles. The van der Waals surface area contributed by atoms with Crippen LogP contribution in [0.4, 0.5) is 4.79 Å². The summed E-state index contributed by atoms with van der Waals surface area (Å²) >= 11 is 1.42. The molecule has 1 aromatic heterocycles. The Hall–Kier alpha value is -1.47. The number of ketones is 1. The lowest BCUT2D eigenvalue weighted by molar-refractivity contribution is 0.0464. The number of hydrogen-bond acceptors (Lipinski definition) is 6. The molecule has 1 amide bonds. The van der Waals surface area contributed by atoms with Crippen molar-refractivity contribution in [1.29, 1.82) is 0 Å². The maximum Gasteiger partial charge on any atom is 0.407 e.